The molecular weight excluding hydrogens is 435 g/mol. The molecular formula is C28H31BN4O2. The van der Waals surface area contributed by atoms with E-state index in [2.05, 4.69) is 0 Å². The maximum Gasteiger partial charge on any atom is 0.261 e. The number of rotatable bonds is 9. The minimum atomic E-state index is -0.355. The third-order valence-corrected chi connectivity index (χ3v) is 6.32. The summed E-state index contributed by atoms with van der Waals surface area (Å²) >= 11 is 0. The van der Waals surface area contributed by atoms with Gasteiger partial charge in [0.15, 0.2) is 0 Å². The summed E-state index contributed by atoms with van der Waals surface area (Å²) in [5, 5.41) is 0. The van der Waals surface area contributed by atoms with E-state index in [1.807, 2.05) is 92.5 Å². The molecule has 7 heteroatoms. The first-order valence-corrected chi connectivity index (χ1v) is 12.1. The molecule has 0 saturated heterocycles. The third-order valence-electron chi connectivity index (χ3n) is 6.32. The summed E-state index contributed by atoms with van der Waals surface area (Å²) in [4.78, 5) is 34.2. The van der Waals surface area contributed by atoms with Crippen molar-refractivity contribution < 1.29 is 4.79 Å². The smallest absolute Gasteiger partial charge is 0.261 e. The molecule has 2 heterocycles. The quantitative estimate of drug-likeness (QED) is 0.385. The van der Waals surface area contributed by atoms with E-state index in [9.17, 15) is 9.59 Å². The molecule has 0 aliphatic rings. The molecule has 0 aliphatic carbocycles. The van der Waals surface area contributed by atoms with Gasteiger partial charge in [0.2, 0.25) is 0 Å². The molecule has 0 radical (unpaired) electrons. The fourth-order valence-corrected chi connectivity index (χ4v) is 4.47. The van der Waals surface area contributed by atoms with Crippen molar-refractivity contribution in [3.05, 3.63) is 112 Å². The van der Waals surface area contributed by atoms with Crippen LogP contribution in [-0.2, 0) is 6.42 Å². The zero-order chi connectivity index (χ0) is 24.8. The lowest BCUT2D eigenvalue weighted by atomic mass is 9.94. The van der Waals surface area contributed by atoms with E-state index in [0.717, 1.165) is 11.0 Å². The largest absolute Gasteiger partial charge is 0.330 e. The van der Waals surface area contributed by atoms with Gasteiger partial charge in [-0.05, 0) is 37.1 Å². The Morgan fingerprint density at radius 2 is 1.77 bits per heavy atom. The second-order valence-corrected chi connectivity index (χ2v) is 8.80. The average Bonchev–Trinajstić information content (AvgIpc) is 2.89. The van der Waals surface area contributed by atoms with Gasteiger partial charge in [-0.25, -0.2) is 4.98 Å². The summed E-state index contributed by atoms with van der Waals surface area (Å²) in [5.41, 5.74) is 10.3. The number of pyridine rings is 1. The molecule has 4 rings (SSSR count). The molecule has 0 aliphatic heterocycles. The van der Waals surface area contributed by atoms with E-state index < -0.39 is 0 Å². The van der Waals surface area contributed by atoms with Crippen LogP contribution in [0.3, 0.4) is 0 Å². The van der Waals surface area contributed by atoms with Gasteiger partial charge >= 0.3 is 0 Å². The van der Waals surface area contributed by atoms with Gasteiger partial charge < -0.3 is 10.6 Å². The molecule has 6 nitrogen and oxygen atoms in total. The monoisotopic (exact) mass is 466 g/mol. The summed E-state index contributed by atoms with van der Waals surface area (Å²) in [6.07, 6.45) is 3.47. The number of nitrogens with two attached hydrogens (primary N) is 1. The minimum absolute atomic E-state index is 0.0778. The average molecular weight is 466 g/mol. The minimum Gasteiger partial charge on any atom is -0.330 e. The molecule has 0 spiro atoms. The molecule has 1 unspecified atom stereocenters. The molecule has 35 heavy (non-hydrogen) atoms. The maximum atomic E-state index is 13.7. The first-order chi connectivity index (χ1) is 17.0. The van der Waals surface area contributed by atoms with Gasteiger partial charge in [0, 0.05) is 30.3 Å². The summed E-state index contributed by atoms with van der Waals surface area (Å²) < 4.78 is 1.58. The molecule has 0 fully saturated rings. The Labute approximate surface area is 206 Å². The Bertz CT molecular complexity index is 1350. The van der Waals surface area contributed by atoms with Gasteiger partial charge in [0.1, 0.15) is 13.5 Å². The number of carbonyl (C=O) groups excluding carboxylic acids is 1. The van der Waals surface area contributed by atoms with Crippen LogP contribution in [0.4, 0.5) is 0 Å². The number of benzene rings is 2. The van der Waals surface area contributed by atoms with Gasteiger partial charge in [0.05, 0.1) is 11.7 Å². The van der Waals surface area contributed by atoms with Crippen molar-refractivity contribution in [2.24, 2.45) is 5.73 Å². The highest BCUT2D eigenvalue weighted by Crippen LogP contribution is 2.28. The Hall–Kier alpha value is -3.71. The van der Waals surface area contributed by atoms with E-state index in [-0.39, 0.29) is 17.5 Å². The number of fused-ring (bicyclic) bond motifs is 1. The second kappa shape index (κ2) is 11.1. The molecule has 0 bridgehead atoms. The lowest BCUT2D eigenvalue weighted by Gasteiger charge is -2.32. The third kappa shape index (κ3) is 5.36. The van der Waals surface area contributed by atoms with E-state index in [1.165, 1.54) is 0 Å². The van der Waals surface area contributed by atoms with Crippen LogP contribution in [0.1, 0.15) is 53.0 Å². The predicted molar refractivity (Wildman–Crippen MR) is 143 cm³/mol. The van der Waals surface area contributed by atoms with E-state index in [4.69, 9.17) is 10.7 Å². The lowest BCUT2D eigenvalue weighted by Crippen LogP contribution is -2.38. The normalized spacial score (nSPS) is 11.9. The van der Waals surface area contributed by atoms with Gasteiger partial charge in [0.25, 0.3) is 11.5 Å². The van der Waals surface area contributed by atoms with Crippen molar-refractivity contribution in [3.8, 4) is 0 Å². The van der Waals surface area contributed by atoms with Gasteiger partial charge in [-0.3, -0.25) is 14.0 Å². The standard InChI is InChI=1S/C28H31BN4O2/c1-2-24(32(18-8-16-30)27(34)21-12-14-22(29)15-13-21)26-23(19-20-9-4-3-5-10-20)28(35)33-17-7-6-11-25(33)31-26/h3-7,9-15,17,24H,2,8,16,18-19,29-30H2,1H3. The van der Waals surface area contributed by atoms with Crippen molar-refractivity contribution in [3.63, 3.8) is 0 Å². The van der Waals surface area contributed by atoms with E-state index in [0.29, 0.717) is 54.8 Å². The van der Waals surface area contributed by atoms with Crippen LogP contribution in [0, 0.1) is 0 Å². The molecule has 2 aromatic heterocycles. The number of aromatic nitrogens is 2. The number of carbonyl (C=O) groups is 1. The molecule has 1 atom stereocenters. The highest BCUT2D eigenvalue weighted by atomic mass is 16.2. The Kier molecular flexibility index (Phi) is 7.78. The van der Waals surface area contributed by atoms with Crippen LogP contribution < -0.4 is 16.8 Å². The first kappa shape index (κ1) is 24.4. The molecule has 0 saturated carbocycles. The molecule has 2 N–H and O–H groups in total. The Balaban J connectivity index is 1.86. The summed E-state index contributed by atoms with van der Waals surface area (Å²) in [6, 6.07) is 22.7. The van der Waals surface area contributed by atoms with Crippen LogP contribution in [-0.4, -0.2) is 41.1 Å². The Morgan fingerprint density at radius 1 is 1.06 bits per heavy atom. The van der Waals surface area contributed by atoms with Crippen LogP contribution >= 0.6 is 0 Å². The maximum absolute atomic E-state index is 13.7. The van der Waals surface area contributed by atoms with Crippen LogP contribution in [0.2, 0.25) is 0 Å². The highest BCUT2D eigenvalue weighted by molar-refractivity contribution is 6.32. The highest BCUT2D eigenvalue weighted by Gasteiger charge is 2.29. The topological polar surface area (TPSA) is 80.7 Å². The molecule has 178 valence electrons. The van der Waals surface area contributed by atoms with E-state index in [1.54, 1.807) is 10.6 Å². The second-order valence-electron chi connectivity index (χ2n) is 8.80. The van der Waals surface area contributed by atoms with Crippen LogP contribution in [0.25, 0.3) is 5.65 Å². The van der Waals surface area contributed by atoms with Crippen molar-refractivity contribution in [2.45, 2.75) is 32.2 Å². The van der Waals surface area contributed by atoms with Crippen LogP contribution in [0.15, 0.2) is 83.8 Å². The van der Waals surface area contributed by atoms with Gasteiger partial charge in [-0.1, -0.05) is 73.1 Å². The first-order valence-electron chi connectivity index (χ1n) is 12.1. The number of nitrogens with zero attached hydrogens (tertiary/aromatic N) is 3. The van der Waals surface area contributed by atoms with Crippen LogP contribution in [0.5, 0.6) is 0 Å². The zero-order valence-corrected chi connectivity index (χ0v) is 20.4. The van der Waals surface area contributed by atoms with E-state index >= 15 is 0 Å². The summed E-state index contributed by atoms with van der Waals surface area (Å²) in [5.74, 6) is -0.0778. The molecule has 1 amide bonds. The summed E-state index contributed by atoms with van der Waals surface area (Å²) in [6.45, 7) is 2.99. The van der Waals surface area contributed by atoms with Crippen molar-refractivity contribution in [1.29, 1.82) is 0 Å². The predicted octanol–water partition coefficient (Wildman–Crippen LogP) is 2.49. The fraction of sp³-hybridized carbons (Fsp3) is 0.250. The zero-order valence-electron chi connectivity index (χ0n) is 20.4. The van der Waals surface area contributed by atoms with Crippen molar-refractivity contribution in [1.82, 2.24) is 14.3 Å². The fourth-order valence-electron chi connectivity index (χ4n) is 4.47. The number of amides is 1. The number of hydrogen-bond acceptors (Lipinski definition) is 4. The molecule has 2 aromatic carbocycles. The SMILES string of the molecule is Bc1ccc(C(=O)N(CCCN)C(CC)c2nc3ccccn3c(=O)c2Cc2ccccc2)cc1. The summed E-state index contributed by atoms with van der Waals surface area (Å²) in [7, 11) is 2.00. The van der Waals surface area contributed by atoms with Crippen molar-refractivity contribution in [2.75, 3.05) is 13.1 Å². The lowest BCUT2D eigenvalue weighted by molar-refractivity contribution is 0.0664. The van der Waals surface area contributed by atoms with Crippen molar-refractivity contribution >= 4 is 24.9 Å². The van der Waals surface area contributed by atoms with Gasteiger partial charge in [-0.2, -0.15) is 0 Å². The van der Waals surface area contributed by atoms with Gasteiger partial charge in [-0.15, -0.1) is 0 Å². The Morgan fingerprint density at radius 3 is 2.46 bits per heavy atom. The molecule has 4 aromatic rings. The number of hydrogen-bond donors (Lipinski definition) is 1.